The Morgan fingerprint density at radius 1 is 1.07 bits per heavy atom. The first-order valence-electron chi connectivity index (χ1n) is 10.4. The van der Waals surface area contributed by atoms with Crippen LogP contribution in [0.25, 0.3) is 0 Å². The second-order valence-electron chi connectivity index (χ2n) is 7.99. The largest absolute Gasteiger partial charge is 0.381 e. The third kappa shape index (κ3) is 3.63. The minimum Gasteiger partial charge on any atom is -0.381 e. The number of hydrogen-bond acceptors (Lipinski definition) is 4. The van der Waals surface area contributed by atoms with E-state index in [0.29, 0.717) is 12.6 Å². The Labute approximate surface area is 176 Å². The van der Waals surface area contributed by atoms with Crippen molar-refractivity contribution in [1.29, 1.82) is 0 Å². The van der Waals surface area contributed by atoms with Gasteiger partial charge in [0.2, 0.25) is 0 Å². The molecule has 3 aliphatic rings. The van der Waals surface area contributed by atoms with Gasteiger partial charge in [0.15, 0.2) is 0 Å². The van der Waals surface area contributed by atoms with Crippen molar-refractivity contribution >= 4 is 28.8 Å². The normalized spacial score (nSPS) is 24.5. The first-order valence-corrected chi connectivity index (χ1v) is 10.7. The van der Waals surface area contributed by atoms with Crippen LogP contribution in [-0.2, 0) is 16.0 Å². The standard InChI is InChI=1S/C23H26ClN3O2/c24-18-5-3-4-17(14-18)15-25-22-23(9-12-28-13-10-23)26-20-6-1-2-7-21(20)27(22)19-8-11-29-16-19/h1-7,14,19,26H,8-13,15-16H2. The third-order valence-electron chi connectivity index (χ3n) is 6.11. The van der Waals surface area contributed by atoms with Crippen LogP contribution in [0.15, 0.2) is 53.5 Å². The van der Waals surface area contributed by atoms with Crippen molar-refractivity contribution < 1.29 is 9.47 Å². The second kappa shape index (κ2) is 7.98. The lowest BCUT2D eigenvalue weighted by Crippen LogP contribution is -2.62. The molecule has 1 unspecified atom stereocenters. The van der Waals surface area contributed by atoms with Crippen LogP contribution in [0.2, 0.25) is 5.02 Å². The second-order valence-corrected chi connectivity index (χ2v) is 8.43. The molecule has 0 saturated carbocycles. The van der Waals surface area contributed by atoms with Crippen molar-refractivity contribution in [3.05, 3.63) is 59.1 Å². The topological polar surface area (TPSA) is 46.1 Å². The molecule has 1 spiro atoms. The van der Waals surface area contributed by atoms with E-state index in [-0.39, 0.29) is 5.54 Å². The lowest BCUT2D eigenvalue weighted by molar-refractivity contribution is 0.0771. The van der Waals surface area contributed by atoms with Gasteiger partial charge in [-0.15, -0.1) is 0 Å². The highest BCUT2D eigenvalue weighted by atomic mass is 35.5. The molecule has 2 fully saturated rings. The van der Waals surface area contributed by atoms with Crippen LogP contribution < -0.4 is 10.2 Å². The number of para-hydroxylation sites is 2. The molecule has 2 saturated heterocycles. The first kappa shape index (κ1) is 18.9. The van der Waals surface area contributed by atoms with E-state index in [2.05, 4.69) is 40.5 Å². The highest BCUT2D eigenvalue weighted by molar-refractivity contribution is 6.30. The van der Waals surface area contributed by atoms with Gasteiger partial charge in [0.1, 0.15) is 5.84 Å². The number of ether oxygens (including phenoxy) is 2. The minimum absolute atomic E-state index is 0.215. The first-order chi connectivity index (χ1) is 14.3. The molecule has 6 heteroatoms. The van der Waals surface area contributed by atoms with Crippen molar-refractivity contribution in [2.75, 3.05) is 36.6 Å². The van der Waals surface area contributed by atoms with Gasteiger partial charge in [0, 0.05) is 37.7 Å². The summed E-state index contributed by atoms with van der Waals surface area (Å²) in [4.78, 5) is 7.65. The summed E-state index contributed by atoms with van der Waals surface area (Å²) in [6, 6.07) is 16.8. The number of anilines is 2. The summed E-state index contributed by atoms with van der Waals surface area (Å²) in [6.07, 6.45) is 2.82. The van der Waals surface area contributed by atoms with Crippen LogP contribution in [0, 0.1) is 0 Å². The van der Waals surface area contributed by atoms with E-state index in [0.717, 1.165) is 62.1 Å². The highest BCUT2D eigenvalue weighted by Crippen LogP contribution is 2.42. The molecule has 0 aliphatic carbocycles. The summed E-state index contributed by atoms with van der Waals surface area (Å²) in [5.74, 6) is 1.11. The van der Waals surface area contributed by atoms with E-state index in [1.54, 1.807) is 0 Å². The molecule has 0 radical (unpaired) electrons. The summed E-state index contributed by atoms with van der Waals surface area (Å²) >= 11 is 6.20. The van der Waals surface area contributed by atoms with Crippen LogP contribution in [0.5, 0.6) is 0 Å². The molecule has 0 amide bonds. The van der Waals surface area contributed by atoms with Crippen molar-refractivity contribution in [3.8, 4) is 0 Å². The van der Waals surface area contributed by atoms with Gasteiger partial charge in [-0.05, 0) is 36.2 Å². The van der Waals surface area contributed by atoms with Crippen LogP contribution in [0.3, 0.4) is 0 Å². The maximum absolute atomic E-state index is 6.20. The van der Waals surface area contributed by atoms with Crippen molar-refractivity contribution in [3.63, 3.8) is 0 Å². The van der Waals surface area contributed by atoms with Crippen LogP contribution in [-0.4, -0.2) is 43.8 Å². The maximum Gasteiger partial charge on any atom is 0.130 e. The predicted octanol–water partition coefficient (Wildman–Crippen LogP) is 4.51. The summed E-state index contributed by atoms with van der Waals surface area (Å²) < 4.78 is 11.5. The molecule has 1 N–H and O–H groups in total. The van der Waals surface area contributed by atoms with E-state index >= 15 is 0 Å². The van der Waals surface area contributed by atoms with Gasteiger partial charge in [0.25, 0.3) is 0 Å². The Morgan fingerprint density at radius 2 is 1.93 bits per heavy atom. The Kier molecular flexibility index (Phi) is 5.20. The number of nitrogens with zero attached hydrogens (tertiary/aromatic N) is 2. The van der Waals surface area contributed by atoms with Gasteiger partial charge in [-0.3, -0.25) is 4.99 Å². The fourth-order valence-electron chi connectivity index (χ4n) is 4.64. The van der Waals surface area contributed by atoms with Crippen LogP contribution >= 0.6 is 11.6 Å². The van der Waals surface area contributed by atoms with Gasteiger partial charge in [-0.1, -0.05) is 35.9 Å². The van der Waals surface area contributed by atoms with E-state index in [4.69, 9.17) is 26.1 Å². The van der Waals surface area contributed by atoms with Gasteiger partial charge >= 0.3 is 0 Å². The molecule has 1 atom stereocenters. The predicted molar refractivity (Wildman–Crippen MR) is 117 cm³/mol. The van der Waals surface area contributed by atoms with Gasteiger partial charge in [-0.2, -0.15) is 0 Å². The average molecular weight is 412 g/mol. The molecular weight excluding hydrogens is 386 g/mol. The summed E-state index contributed by atoms with van der Waals surface area (Å²) in [5, 5.41) is 4.59. The van der Waals surface area contributed by atoms with E-state index in [1.165, 1.54) is 11.4 Å². The zero-order valence-corrected chi connectivity index (χ0v) is 17.2. The summed E-state index contributed by atoms with van der Waals surface area (Å²) in [7, 11) is 0. The number of amidine groups is 1. The quantitative estimate of drug-likeness (QED) is 0.807. The number of aliphatic imine (C=N–C) groups is 1. The number of halogens is 1. The van der Waals surface area contributed by atoms with E-state index in [1.807, 2.05) is 18.2 Å². The minimum atomic E-state index is -0.215. The third-order valence-corrected chi connectivity index (χ3v) is 6.35. The molecule has 29 heavy (non-hydrogen) atoms. The van der Waals surface area contributed by atoms with Crippen LogP contribution in [0.1, 0.15) is 24.8 Å². The lowest BCUT2D eigenvalue weighted by Gasteiger charge is -2.50. The smallest absolute Gasteiger partial charge is 0.130 e. The molecule has 2 aromatic rings. The maximum atomic E-state index is 6.20. The fourth-order valence-corrected chi connectivity index (χ4v) is 4.85. The number of benzene rings is 2. The number of rotatable bonds is 3. The fraction of sp³-hybridized carbons (Fsp3) is 0.435. The van der Waals surface area contributed by atoms with Gasteiger partial charge < -0.3 is 19.7 Å². The Morgan fingerprint density at radius 3 is 2.72 bits per heavy atom. The van der Waals surface area contributed by atoms with E-state index < -0.39 is 0 Å². The molecule has 2 aromatic carbocycles. The monoisotopic (exact) mass is 411 g/mol. The molecule has 0 aromatic heterocycles. The molecule has 0 bridgehead atoms. The van der Waals surface area contributed by atoms with Crippen molar-refractivity contribution in [1.82, 2.24) is 0 Å². The zero-order chi connectivity index (χ0) is 19.7. The Balaban J connectivity index is 1.60. The highest BCUT2D eigenvalue weighted by Gasteiger charge is 2.47. The molecule has 152 valence electrons. The lowest BCUT2D eigenvalue weighted by atomic mass is 9.84. The molecule has 3 aliphatic heterocycles. The Bertz CT molecular complexity index is 905. The Hall–Kier alpha value is -2.08. The van der Waals surface area contributed by atoms with E-state index in [9.17, 15) is 0 Å². The summed E-state index contributed by atoms with van der Waals surface area (Å²) in [6.45, 7) is 3.61. The van der Waals surface area contributed by atoms with Gasteiger partial charge in [0.05, 0.1) is 36.1 Å². The van der Waals surface area contributed by atoms with Crippen LogP contribution in [0.4, 0.5) is 11.4 Å². The molecule has 3 heterocycles. The molecular formula is C23H26ClN3O2. The molecule has 5 rings (SSSR count). The SMILES string of the molecule is Clc1cccc(CN=C2N(C3CCOC3)c3ccccc3NC23CCOCC3)c1. The molecule has 5 nitrogen and oxygen atoms in total. The van der Waals surface area contributed by atoms with Gasteiger partial charge in [-0.25, -0.2) is 0 Å². The number of hydrogen-bond donors (Lipinski definition) is 1. The average Bonchev–Trinajstić information content (AvgIpc) is 3.27. The number of nitrogens with one attached hydrogen (secondary N) is 1. The number of fused-ring (bicyclic) bond motifs is 1. The summed E-state index contributed by atoms with van der Waals surface area (Å²) in [5.41, 5.74) is 3.26. The zero-order valence-electron chi connectivity index (χ0n) is 16.4. The van der Waals surface area contributed by atoms with Crippen molar-refractivity contribution in [2.45, 2.75) is 37.4 Å². The van der Waals surface area contributed by atoms with Crippen molar-refractivity contribution in [2.24, 2.45) is 4.99 Å².